The molecule has 2 aromatic heterocycles. The highest BCUT2D eigenvalue weighted by atomic mass is 32.2. The van der Waals surface area contributed by atoms with Gasteiger partial charge in [0.15, 0.2) is 5.16 Å². The molecule has 1 N–H and O–H groups in total. The summed E-state index contributed by atoms with van der Waals surface area (Å²) in [6.07, 6.45) is 0.633. The molecular formula is C23H21N5OS2. The van der Waals surface area contributed by atoms with Crippen LogP contribution >= 0.6 is 23.1 Å². The van der Waals surface area contributed by atoms with Crippen molar-refractivity contribution in [2.45, 2.75) is 30.7 Å². The van der Waals surface area contributed by atoms with Gasteiger partial charge < -0.3 is 0 Å². The number of nitrogens with zero attached hydrogens (tertiary/aromatic N) is 4. The monoisotopic (exact) mass is 447 g/mol. The smallest absolute Gasteiger partial charge is 0.239 e. The molecule has 4 rings (SSSR count). The van der Waals surface area contributed by atoms with Gasteiger partial charge in [-0.2, -0.15) is 0 Å². The predicted octanol–water partition coefficient (Wildman–Crippen LogP) is 5.48. The quantitative estimate of drug-likeness (QED) is 0.298. The van der Waals surface area contributed by atoms with Crippen LogP contribution < -0.4 is 5.32 Å². The third-order valence-corrected chi connectivity index (χ3v) is 6.49. The Morgan fingerprint density at radius 3 is 2.03 bits per heavy atom. The van der Waals surface area contributed by atoms with Crippen molar-refractivity contribution in [2.75, 3.05) is 5.32 Å². The first kappa shape index (κ1) is 21.1. The van der Waals surface area contributed by atoms with E-state index in [0.717, 1.165) is 27.5 Å². The molecule has 4 aromatic rings. The predicted molar refractivity (Wildman–Crippen MR) is 126 cm³/mol. The summed E-state index contributed by atoms with van der Waals surface area (Å²) in [5.41, 5.74) is 3.66. The number of anilines is 1. The Balaban J connectivity index is 1.65. The SMILES string of the molecule is CC[C@H](Sc1nc(-c2ccccc2)cc(-c2ccccc2)n1)C(=O)Nc1nnc(C)s1. The van der Waals surface area contributed by atoms with Crippen molar-refractivity contribution in [3.05, 3.63) is 71.7 Å². The third kappa shape index (κ3) is 5.34. The zero-order chi connectivity index (χ0) is 21.6. The molecule has 0 saturated carbocycles. The maximum absolute atomic E-state index is 12.8. The summed E-state index contributed by atoms with van der Waals surface area (Å²) in [5.74, 6) is -0.126. The van der Waals surface area contributed by atoms with E-state index in [1.165, 1.54) is 23.1 Å². The number of hydrogen-bond donors (Lipinski definition) is 1. The molecule has 0 aliphatic heterocycles. The van der Waals surface area contributed by atoms with Crippen LogP contribution in [-0.2, 0) is 4.79 Å². The third-order valence-electron chi connectivity index (χ3n) is 4.51. The summed E-state index contributed by atoms with van der Waals surface area (Å²) in [5, 5.41) is 12.3. The van der Waals surface area contributed by atoms with Gasteiger partial charge in [-0.15, -0.1) is 10.2 Å². The van der Waals surface area contributed by atoms with Crippen LogP contribution in [0, 0.1) is 6.92 Å². The van der Waals surface area contributed by atoms with Crippen molar-refractivity contribution in [3.63, 3.8) is 0 Å². The molecule has 1 atom stereocenters. The van der Waals surface area contributed by atoms with Crippen LogP contribution in [0.2, 0.25) is 0 Å². The molecule has 2 aromatic carbocycles. The Hall–Kier alpha value is -3.10. The van der Waals surface area contributed by atoms with Gasteiger partial charge in [0.05, 0.1) is 16.6 Å². The lowest BCUT2D eigenvalue weighted by atomic mass is 10.1. The molecule has 0 radical (unpaired) electrons. The van der Waals surface area contributed by atoms with Crippen LogP contribution in [0.15, 0.2) is 71.9 Å². The zero-order valence-electron chi connectivity index (χ0n) is 17.1. The normalized spacial score (nSPS) is 11.8. The van der Waals surface area contributed by atoms with Gasteiger partial charge in [0, 0.05) is 11.1 Å². The molecular weight excluding hydrogens is 426 g/mol. The number of hydrogen-bond acceptors (Lipinski definition) is 7. The Kier molecular flexibility index (Phi) is 6.69. The van der Waals surface area contributed by atoms with Gasteiger partial charge in [0.25, 0.3) is 0 Å². The van der Waals surface area contributed by atoms with Crippen molar-refractivity contribution in [1.82, 2.24) is 20.2 Å². The number of carbonyl (C=O) groups is 1. The fraction of sp³-hybridized carbons (Fsp3) is 0.174. The standard InChI is InChI=1S/C23H21N5OS2/c1-3-20(21(29)26-23-28-27-15(2)30-23)31-22-24-18(16-10-6-4-7-11-16)14-19(25-22)17-12-8-5-9-13-17/h4-14,20H,3H2,1-2H3,(H,26,28,29)/t20-/m0/s1. The number of aryl methyl sites for hydroxylation is 1. The molecule has 8 heteroatoms. The van der Waals surface area contributed by atoms with Crippen LogP contribution in [0.4, 0.5) is 5.13 Å². The number of nitrogens with one attached hydrogen (secondary N) is 1. The van der Waals surface area contributed by atoms with Crippen LogP contribution in [0.3, 0.4) is 0 Å². The Labute approximate surface area is 189 Å². The second-order valence-electron chi connectivity index (χ2n) is 6.78. The van der Waals surface area contributed by atoms with Crippen LogP contribution in [0.5, 0.6) is 0 Å². The maximum Gasteiger partial charge on any atom is 0.239 e. The van der Waals surface area contributed by atoms with E-state index in [9.17, 15) is 4.79 Å². The molecule has 0 aliphatic carbocycles. The average Bonchev–Trinajstić information content (AvgIpc) is 3.22. The fourth-order valence-corrected chi connectivity index (χ4v) is 4.46. The first-order valence-electron chi connectivity index (χ1n) is 9.90. The summed E-state index contributed by atoms with van der Waals surface area (Å²) >= 11 is 2.72. The summed E-state index contributed by atoms with van der Waals surface area (Å²) < 4.78 is 0. The highest BCUT2D eigenvalue weighted by Gasteiger charge is 2.22. The minimum atomic E-state index is -0.348. The van der Waals surface area contributed by atoms with Crippen LogP contribution in [-0.4, -0.2) is 31.3 Å². The lowest BCUT2D eigenvalue weighted by Gasteiger charge is -2.14. The van der Waals surface area contributed by atoms with E-state index in [0.29, 0.717) is 16.7 Å². The Bertz CT molecular complexity index is 1110. The number of benzene rings is 2. The van der Waals surface area contributed by atoms with Gasteiger partial charge >= 0.3 is 0 Å². The van der Waals surface area contributed by atoms with E-state index in [-0.39, 0.29) is 11.2 Å². The average molecular weight is 448 g/mol. The van der Waals surface area contributed by atoms with Crippen LogP contribution in [0.25, 0.3) is 22.5 Å². The molecule has 0 saturated heterocycles. The van der Waals surface area contributed by atoms with E-state index < -0.39 is 0 Å². The van der Waals surface area contributed by atoms with Gasteiger partial charge in [0.1, 0.15) is 5.01 Å². The molecule has 0 spiro atoms. The van der Waals surface area contributed by atoms with Crippen molar-refractivity contribution < 1.29 is 4.79 Å². The fourth-order valence-electron chi connectivity index (χ4n) is 2.97. The lowest BCUT2D eigenvalue weighted by molar-refractivity contribution is -0.115. The van der Waals surface area contributed by atoms with Gasteiger partial charge in [-0.05, 0) is 19.4 Å². The van der Waals surface area contributed by atoms with Crippen molar-refractivity contribution in [3.8, 4) is 22.5 Å². The van der Waals surface area contributed by atoms with Crippen molar-refractivity contribution in [1.29, 1.82) is 0 Å². The molecule has 0 fully saturated rings. The second-order valence-corrected chi connectivity index (χ2v) is 9.13. The van der Waals surface area contributed by atoms with E-state index >= 15 is 0 Å². The van der Waals surface area contributed by atoms with Gasteiger partial charge in [0.2, 0.25) is 11.0 Å². The summed E-state index contributed by atoms with van der Waals surface area (Å²) in [4.78, 5) is 22.3. The Morgan fingerprint density at radius 1 is 0.968 bits per heavy atom. The first-order valence-corrected chi connectivity index (χ1v) is 11.6. The van der Waals surface area contributed by atoms with Crippen LogP contribution in [0.1, 0.15) is 18.4 Å². The lowest BCUT2D eigenvalue weighted by Crippen LogP contribution is -2.24. The summed E-state index contributed by atoms with van der Waals surface area (Å²) in [6.45, 7) is 3.83. The van der Waals surface area contributed by atoms with E-state index in [1.54, 1.807) is 0 Å². The second kappa shape index (κ2) is 9.80. The number of amides is 1. The zero-order valence-corrected chi connectivity index (χ0v) is 18.8. The van der Waals surface area contributed by atoms with Gasteiger partial charge in [-0.25, -0.2) is 9.97 Å². The number of aromatic nitrogens is 4. The van der Waals surface area contributed by atoms with E-state index in [4.69, 9.17) is 9.97 Å². The molecule has 0 unspecified atom stereocenters. The summed E-state index contributed by atoms with van der Waals surface area (Å²) in [7, 11) is 0. The molecule has 0 bridgehead atoms. The first-order chi connectivity index (χ1) is 15.1. The number of carbonyl (C=O) groups excluding carboxylic acids is 1. The van der Waals surface area contributed by atoms with Gasteiger partial charge in [-0.1, -0.05) is 90.7 Å². The Morgan fingerprint density at radius 2 is 1.55 bits per heavy atom. The molecule has 156 valence electrons. The van der Waals surface area contributed by atoms with Crippen molar-refractivity contribution >= 4 is 34.1 Å². The molecule has 0 aliphatic rings. The van der Waals surface area contributed by atoms with Crippen molar-refractivity contribution in [2.24, 2.45) is 0 Å². The summed E-state index contributed by atoms with van der Waals surface area (Å²) in [6, 6.07) is 22.0. The highest BCUT2D eigenvalue weighted by Crippen LogP contribution is 2.30. The molecule has 1 amide bonds. The largest absolute Gasteiger partial charge is 0.300 e. The van der Waals surface area contributed by atoms with E-state index in [2.05, 4.69) is 15.5 Å². The minimum Gasteiger partial charge on any atom is -0.300 e. The number of thioether (sulfide) groups is 1. The highest BCUT2D eigenvalue weighted by molar-refractivity contribution is 8.00. The van der Waals surface area contributed by atoms with Gasteiger partial charge in [-0.3, -0.25) is 10.1 Å². The molecule has 2 heterocycles. The molecule has 6 nitrogen and oxygen atoms in total. The maximum atomic E-state index is 12.8. The molecule has 31 heavy (non-hydrogen) atoms. The topological polar surface area (TPSA) is 80.7 Å². The minimum absolute atomic E-state index is 0.126. The number of rotatable bonds is 7. The van der Waals surface area contributed by atoms with E-state index in [1.807, 2.05) is 80.6 Å².